The molecule has 0 saturated heterocycles. The van der Waals surface area contributed by atoms with E-state index < -0.39 is 5.82 Å². The third-order valence-electron chi connectivity index (χ3n) is 3.82. The van der Waals surface area contributed by atoms with Crippen molar-refractivity contribution in [2.24, 2.45) is 7.05 Å². The molecule has 0 aliphatic carbocycles. The molecule has 7 heteroatoms. The molecule has 1 aromatic heterocycles. The maximum atomic E-state index is 13.4. The Kier molecular flexibility index (Phi) is 5.65. The van der Waals surface area contributed by atoms with Crippen molar-refractivity contribution >= 4 is 17.2 Å². The number of nitriles is 1. The van der Waals surface area contributed by atoms with Gasteiger partial charge in [0.2, 0.25) is 0 Å². The maximum absolute atomic E-state index is 13.4. The molecule has 0 radical (unpaired) electrons. The number of benzene rings is 1. The van der Waals surface area contributed by atoms with Gasteiger partial charge in [0.05, 0.1) is 0 Å². The predicted octanol–water partition coefficient (Wildman–Crippen LogP) is 3.09. The molecule has 2 N–H and O–H groups in total. The summed E-state index contributed by atoms with van der Waals surface area (Å²) in [4.78, 5) is 11.8. The lowest BCUT2D eigenvalue weighted by Gasteiger charge is -2.21. The minimum absolute atomic E-state index is 0.192. The highest BCUT2D eigenvalue weighted by Crippen LogP contribution is 2.21. The number of halogens is 1. The average molecular weight is 341 g/mol. The first-order chi connectivity index (χ1) is 11.8. The van der Waals surface area contributed by atoms with Crippen molar-refractivity contribution in [3.05, 3.63) is 47.0 Å². The minimum atomic E-state index is -0.471. The molecule has 0 amide bonds. The molecule has 1 heterocycles. The number of aryl methyl sites for hydroxylation is 1. The first-order valence-corrected chi connectivity index (χ1v) is 7.84. The first kappa shape index (κ1) is 18.3. The molecule has 2 aromatic rings. The Labute approximate surface area is 145 Å². The molecule has 0 spiro atoms. The SMILES string of the molecule is CC(=N)CC(Cc1cc(C#N)nn1C)Nc1ccc(F)cc1C(C)=O. The van der Waals surface area contributed by atoms with E-state index in [0.717, 1.165) is 5.69 Å². The second kappa shape index (κ2) is 7.71. The number of anilines is 1. The quantitative estimate of drug-likeness (QED) is 0.597. The van der Waals surface area contributed by atoms with Gasteiger partial charge in [-0.3, -0.25) is 9.48 Å². The lowest BCUT2D eigenvalue weighted by molar-refractivity contribution is 0.101. The summed E-state index contributed by atoms with van der Waals surface area (Å²) in [6.45, 7) is 3.09. The smallest absolute Gasteiger partial charge is 0.162 e. The van der Waals surface area contributed by atoms with E-state index >= 15 is 0 Å². The summed E-state index contributed by atoms with van der Waals surface area (Å²) in [7, 11) is 1.75. The van der Waals surface area contributed by atoms with Crippen molar-refractivity contribution in [3.63, 3.8) is 0 Å². The van der Waals surface area contributed by atoms with Crippen LogP contribution < -0.4 is 5.32 Å². The van der Waals surface area contributed by atoms with Gasteiger partial charge in [0, 0.05) is 48.6 Å². The van der Waals surface area contributed by atoms with Gasteiger partial charge in [0.15, 0.2) is 11.5 Å². The highest BCUT2D eigenvalue weighted by atomic mass is 19.1. The molecular formula is C18H20FN5O. The Hall–Kier alpha value is -3.01. The van der Waals surface area contributed by atoms with E-state index in [1.807, 2.05) is 6.07 Å². The van der Waals surface area contributed by atoms with E-state index in [9.17, 15) is 9.18 Å². The van der Waals surface area contributed by atoms with Gasteiger partial charge in [0.1, 0.15) is 11.9 Å². The van der Waals surface area contributed by atoms with Crippen molar-refractivity contribution in [1.82, 2.24) is 9.78 Å². The molecule has 25 heavy (non-hydrogen) atoms. The highest BCUT2D eigenvalue weighted by molar-refractivity contribution is 5.99. The number of aromatic nitrogens is 2. The summed E-state index contributed by atoms with van der Waals surface area (Å²) in [6.07, 6.45) is 0.956. The fourth-order valence-electron chi connectivity index (χ4n) is 2.70. The number of hydrogen-bond donors (Lipinski definition) is 2. The fraction of sp³-hybridized carbons (Fsp3) is 0.333. The number of carbonyl (C=O) groups excluding carboxylic acids is 1. The van der Waals surface area contributed by atoms with Crippen LogP contribution in [0.2, 0.25) is 0 Å². The molecule has 1 atom stereocenters. The van der Waals surface area contributed by atoms with Gasteiger partial charge < -0.3 is 10.7 Å². The molecule has 0 aliphatic rings. The number of nitrogens with one attached hydrogen (secondary N) is 2. The van der Waals surface area contributed by atoms with Gasteiger partial charge in [-0.25, -0.2) is 4.39 Å². The minimum Gasteiger partial charge on any atom is -0.381 e. The van der Waals surface area contributed by atoms with E-state index in [2.05, 4.69) is 10.4 Å². The van der Waals surface area contributed by atoms with E-state index in [1.54, 1.807) is 24.7 Å². The summed E-state index contributed by atoms with van der Waals surface area (Å²) in [5.74, 6) is -0.708. The second-order valence-corrected chi connectivity index (χ2v) is 6.03. The van der Waals surface area contributed by atoms with Crippen molar-refractivity contribution in [2.45, 2.75) is 32.7 Å². The zero-order chi connectivity index (χ0) is 18.6. The van der Waals surface area contributed by atoms with Gasteiger partial charge >= 0.3 is 0 Å². The Morgan fingerprint density at radius 2 is 2.16 bits per heavy atom. The van der Waals surface area contributed by atoms with Crippen molar-refractivity contribution < 1.29 is 9.18 Å². The number of carbonyl (C=O) groups is 1. The van der Waals surface area contributed by atoms with Crippen LogP contribution in [-0.4, -0.2) is 27.3 Å². The molecule has 0 aliphatic heterocycles. The van der Waals surface area contributed by atoms with Crippen LogP contribution in [0.1, 0.15) is 42.0 Å². The largest absolute Gasteiger partial charge is 0.381 e. The van der Waals surface area contributed by atoms with Gasteiger partial charge in [0.25, 0.3) is 0 Å². The zero-order valence-corrected chi connectivity index (χ0v) is 14.4. The molecule has 0 fully saturated rings. The van der Waals surface area contributed by atoms with Gasteiger partial charge in [-0.2, -0.15) is 10.4 Å². The van der Waals surface area contributed by atoms with E-state index in [-0.39, 0.29) is 17.4 Å². The number of hydrogen-bond acceptors (Lipinski definition) is 5. The standard InChI is InChI=1S/C18H20FN5O/c1-11(21)6-14(8-16-9-15(10-20)23-24(16)3)22-18-5-4-13(19)7-17(18)12(2)25/h4-5,7,9,14,21-22H,6,8H2,1-3H3. The number of rotatable bonds is 7. The Morgan fingerprint density at radius 1 is 1.44 bits per heavy atom. The van der Waals surface area contributed by atoms with E-state index in [1.165, 1.54) is 25.1 Å². The molecule has 1 aromatic carbocycles. The molecule has 2 rings (SSSR count). The fourth-order valence-corrected chi connectivity index (χ4v) is 2.70. The molecule has 1 unspecified atom stereocenters. The normalized spacial score (nSPS) is 11.6. The lowest BCUT2D eigenvalue weighted by Crippen LogP contribution is -2.26. The van der Waals surface area contributed by atoms with Crippen molar-refractivity contribution in [2.75, 3.05) is 5.32 Å². The summed E-state index contributed by atoms with van der Waals surface area (Å²) in [5.41, 5.74) is 2.45. The first-order valence-electron chi connectivity index (χ1n) is 7.84. The van der Waals surface area contributed by atoms with Gasteiger partial charge in [-0.05, 0) is 38.1 Å². The maximum Gasteiger partial charge on any atom is 0.162 e. The topological polar surface area (TPSA) is 94.6 Å². The van der Waals surface area contributed by atoms with Crippen LogP contribution in [0.5, 0.6) is 0 Å². The van der Waals surface area contributed by atoms with Gasteiger partial charge in [-0.15, -0.1) is 0 Å². The van der Waals surface area contributed by atoms with E-state index in [0.29, 0.717) is 29.9 Å². The molecule has 6 nitrogen and oxygen atoms in total. The van der Waals surface area contributed by atoms with Crippen LogP contribution in [0.3, 0.4) is 0 Å². The van der Waals surface area contributed by atoms with Crippen LogP contribution in [0.25, 0.3) is 0 Å². The van der Waals surface area contributed by atoms with Crippen LogP contribution in [0, 0.1) is 22.6 Å². The molecule has 0 saturated carbocycles. The Balaban J connectivity index is 2.29. The summed E-state index contributed by atoms with van der Waals surface area (Å²) >= 11 is 0. The third kappa shape index (κ3) is 4.73. The average Bonchev–Trinajstić information content (AvgIpc) is 2.88. The predicted molar refractivity (Wildman–Crippen MR) is 93.5 cm³/mol. The Bertz CT molecular complexity index is 850. The Morgan fingerprint density at radius 3 is 2.72 bits per heavy atom. The third-order valence-corrected chi connectivity index (χ3v) is 3.82. The van der Waals surface area contributed by atoms with Crippen LogP contribution in [-0.2, 0) is 13.5 Å². The summed E-state index contributed by atoms with van der Waals surface area (Å²) in [5, 5.41) is 24.1. The number of Topliss-reactive ketones (excluding diaryl/α,β-unsaturated/α-hetero) is 1. The number of nitrogens with zero attached hydrogens (tertiary/aromatic N) is 3. The molecular weight excluding hydrogens is 321 g/mol. The van der Waals surface area contributed by atoms with Crippen LogP contribution in [0.15, 0.2) is 24.3 Å². The van der Waals surface area contributed by atoms with Crippen LogP contribution in [0.4, 0.5) is 10.1 Å². The van der Waals surface area contributed by atoms with Crippen molar-refractivity contribution in [1.29, 1.82) is 10.7 Å². The summed E-state index contributed by atoms with van der Waals surface area (Å²) < 4.78 is 15.1. The van der Waals surface area contributed by atoms with Crippen molar-refractivity contribution in [3.8, 4) is 6.07 Å². The molecule has 0 bridgehead atoms. The van der Waals surface area contributed by atoms with E-state index in [4.69, 9.17) is 10.7 Å². The highest BCUT2D eigenvalue weighted by Gasteiger charge is 2.17. The van der Waals surface area contributed by atoms with Gasteiger partial charge in [-0.1, -0.05) is 0 Å². The zero-order valence-electron chi connectivity index (χ0n) is 14.4. The monoisotopic (exact) mass is 341 g/mol. The lowest BCUT2D eigenvalue weighted by atomic mass is 10.0. The molecule has 130 valence electrons. The number of ketones is 1. The summed E-state index contributed by atoms with van der Waals surface area (Å²) in [6, 6.07) is 7.54. The second-order valence-electron chi connectivity index (χ2n) is 6.03. The van der Waals surface area contributed by atoms with Crippen LogP contribution >= 0.6 is 0 Å².